The van der Waals surface area contributed by atoms with Gasteiger partial charge in [-0.15, -0.1) is 0 Å². The third kappa shape index (κ3) is 4.91. The van der Waals surface area contributed by atoms with Crippen molar-refractivity contribution in [3.8, 4) is 11.6 Å². The van der Waals surface area contributed by atoms with Crippen molar-refractivity contribution in [2.24, 2.45) is 0 Å². The van der Waals surface area contributed by atoms with Gasteiger partial charge in [-0.3, -0.25) is 9.78 Å². The number of nitrogens with zero attached hydrogens (tertiary/aromatic N) is 2. The first-order valence-electron chi connectivity index (χ1n) is 6.42. The zero-order valence-electron chi connectivity index (χ0n) is 11.6. The second-order valence-electron chi connectivity index (χ2n) is 4.04. The van der Waals surface area contributed by atoms with Gasteiger partial charge in [-0.05, 0) is 31.2 Å². The van der Waals surface area contributed by atoms with E-state index in [0.717, 1.165) is 0 Å². The first kappa shape index (κ1) is 14.5. The van der Waals surface area contributed by atoms with Crippen LogP contribution >= 0.6 is 0 Å². The van der Waals surface area contributed by atoms with E-state index in [1.165, 1.54) is 12.3 Å². The second-order valence-corrected chi connectivity index (χ2v) is 4.04. The molecule has 5 heteroatoms. The van der Waals surface area contributed by atoms with E-state index in [0.29, 0.717) is 17.3 Å². The summed E-state index contributed by atoms with van der Waals surface area (Å²) in [6.45, 7) is 1.89. The Morgan fingerprint density at radius 3 is 2.67 bits per heavy atom. The Morgan fingerprint density at radius 1 is 1.19 bits per heavy atom. The molecular weight excluding hydrogens is 266 g/mol. The highest BCUT2D eigenvalue weighted by molar-refractivity contribution is 5.99. The number of hydrogen-bond acceptors (Lipinski definition) is 4. The van der Waals surface area contributed by atoms with Gasteiger partial charge in [0.2, 0.25) is 11.8 Å². The van der Waals surface area contributed by atoms with Crippen molar-refractivity contribution in [1.29, 1.82) is 0 Å². The fourth-order valence-corrected chi connectivity index (χ4v) is 1.50. The Bertz CT molecular complexity index is 634. The summed E-state index contributed by atoms with van der Waals surface area (Å²) >= 11 is 0. The van der Waals surface area contributed by atoms with Gasteiger partial charge in [-0.25, -0.2) is 4.98 Å². The molecule has 5 nitrogen and oxygen atoms in total. The van der Waals surface area contributed by atoms with Gasteiger partial charge in [0.25, 0.3) is 0 Å². The summed E-state index contributed by atoms with van der Waals surface area (Å²) in [5.41, 5.74) is 0.691. The monoisotopic (exact) mass is 281 g/mol. The van der Waals surface area contributed by atoms with E-state index >= 15 is 0 Å². The van der Waals surface area contributed by atoms with E-state index in [1.54, 1.807) is 48.8 Å². The molecule has 0 saturated heterocycles. The molecule has 0 saturated carbocycles. The van der Waals surface area contributed by atoms with E-state index in [4.69, 9.17) is 4.74 Å². The molecule has 1 heterocycles. The van der Waals surface area contributed by atoms with E-state index in [-0.39, 0.29) is 5.91 Å². The first-order chi connectivity index (χ1) is 10.3. The van der Waals surface area contributed by atoms with Gasteiger partial charge >= 0.3 is 0 Å². The van der Waals surface area contributed by atoms with Crippen LogP contribution in [-0.4, -0.2) is 15.9 Å². The van der Waals surface area contributed by atoms with Crippen LogP contribution < -0.4 is 10.1 Å². The summed E-state index contributed by atoms with van der Waals surface area (Å²) in [5.74, 6) is 0.859. The van der Waals surface area contributed by atoms with Crippen LogP contribution in [0.4, 0.5) is 5.69 Å². The standard InChI is InChI=1S/C16H15N3O2/c1-2-3-4-5-15(20)19-13-6-8-14(9-7-13)21-16-12-17-10-11-18-16/h2-12H,1H3,(H,19,20). The SMILES string of the molecule is CC=CC=CC(=O)Nc1ccc(Oc2cnccn2)cc1. The number of anilines is 1. The van der Waals surface area contributed by atoms with E-state index < -0.39 is 0 Å². The number of ether oxygens (including phenoxy) is 1. The Morgan fingerprint density at radius 2 is 2.00 bits per heavy atom. The Labute approximate surface area is 123 Å². The number of amides is 1. The smallest absolute Gasteiger partial charge is 0.248 e. The highest BCUT2D eigenvalue weighted by atomic mass is 16.5. The predicted molar refractivity (Wildman–Crippen MR) is 81.1 cm³/mol. The van der Waals surface area contributed by atoms with Gasteiger partial charge in [-0.2, -0.15) is 0 Å². The molecule has 0 bridgehead atoms. The number of benzene rings is 1. The molecule has 2 rings (SSSR count). The second kappa shape index (κ2) is 7.59. The number of allylic oxidation sites excluding steroid dienone is 3. The lowest BCUT2D eigenvalue weighted by Crippen LogP contribution is -2.07. The topological polar surface area (TPSA) is 64.1 Å². The van der Waals surface area contributed by atoms with Crippen molar-refractivity contribution < 1.29 is 9.53 Å². The van der Waals surface area contributed by atoms with Crippen molar-refractivity contribution >= 4 is 11.6 Å². The predicted octanol–water partition coefficient (Wildman–Crippen LogP) is 3.34. The molecule has 0 aliphatic carbocycles. The molecule has 2 aromatic rings. The maximum absolute atomic E-state index is 11.6. The number of aromatic nitrogens is 2. The molecule has 0 radical (unpaired) electrons. The van der Waals surface area contributed by atoms with E-state index in [2.05, 4.69) is 15.3 Å². The molecule has 0 spiro atoms. The van der Waals surface area contributed by atoms with E-state index in [9.17, 15) is 4.79 Å². The Balaban J connectivity index is 1.94. The summed E-state index contributed by atoms with van der Waals surface area (Å²) in [7, 11) is 0. The quantitative estimate of drug-likeness (QED) is 0.674. The first-order valence-corrected chi connectivity index (χ1v) is 6.42. The fraction of sp³-hybridized carbons (Fsp3) is 0.0625. The van der Waals surface area contributed by atoms with Gasteiger partial charge in [0.1, 0.15) is 5.75 Å². The number of hydrogen-bond donors (Lipinski definition) is 1. The highest BCUT2D eigenvalue weighted by Crippen LogP contribution is 2.20. The summed E-state index contributed by atoms with van der Waals surface area (Å²) in [6.07, 6.45) is 11.4. The summed E-state index contributed by atoms with van der Waals surface area (Å²) in [6, 6.07) is 7.01. The minimum atomic E-state index is -0.185. The molecule has 1 aromatic carbocycles. The summed E-state index contributed by atoms with van der Waals surface area (Å²) in [4.78, 5) is 19.5. The average Bonchev–Trinajstić information content (AvgIpc) is 2.51. The van der Waals surface area contributed by atoms with Crippen LogP contribution in [0.15, 0.2) is 67.2 Å². The Kier molecular flexibility index (Phi) is 5.23. The molecule has 106 valence electrons. The fourth-order valence-electron chi connectivity index (χ4n) is 1.50. The molecular formula is C16H15N3O2. The van der Waals surface area contributed by atoms with Crippen molar-refractivity contribution in [1.82, 2.24) is 9.97 Å². The van der Waals surface area contributed by atoms with Crippen molar-refractivity contribution in [2.75, 3.05) is 5.32 Å². The van der Waals surface area contributed by atoms with E-state index in [1.807, 2.05) is 13.0 Å². The van der Waals surface area contributed by atoms with Gasteiger partial charge in [0.15, 0.2) is 0 Å². The lowest BCUT2D eigenvalue weighted by atomic mass is 10.3. The summed E-state index contributed by atoms with van der Waals surface area (Å²) in [5, 5.41) is 2.75. The van der Waals surface area contributed by atoms with Crippen molar-refractivity contribution in [2.45, 2.75) is 6.92 Å². The van der Waals surface area contributed by atoms with Gasteiger partial charge in [0, 0.05) is 24.2 Å². The number of carbonyl (C=O) groups is 1. The van der Waals surface area contributed by atoms with Gasteiger partial charge in [-0.1, -0.05) is 18.2 Å². The van der Waals surface area contributed by atoms with Crippen LogP contribution in [0.5, 0.6) is 11.6 Å². The largest absolute Gasteiger partial charge is 0.438 e. The Hall–Kier alpha value is -2.95. The minimum Gasteiger partial charge on any atom is -0.438 e. The number of rotatable bonds is 5. The zero-order valence-corrected chi connectivity index (χ0v) is 11.6. The molecule has 1 amide bonds. The average molecular weight is 281 g/mol. The molecule has 0 aliphatic rings. The van der Waals surface area contributed by atoms with Crippen LogP contribution in [0.2, 0.25) is 0 Å². The number of nitrogens with one attached hydrogen (secondary N) is 1. The van der Waals surface area contributed by atoms with Crippen molar-refractivity contribution in [3.63, 3.8) is 0 Å². The maximum atomic E-state index is 11.6. The lowest BCUT2D eigenvalue weighted by molar-refractivity contribution is -0.111. The third-order valence-electron chi connectivity index (χ3n) is 2.43. The van der Waals surface area contributed by atoms with Crippen LogP contribution in [0.3, 0.4) is 0 Å². The molecule has 0 unspecified atom stereocenters. The molecule has 0 aliphatic heterocycles. The lowest BCUT2D eigenvalue weighted by Gasteiger charge is -2.05. The molecule has 21 heavy (non-hydrogen) atoms. The highest BCUT2D eigenvalue weighted by Gasteiger charge is 2.00. The molecule has 1 aromatic heterocycles. The van der Waals surface area contributed by atoms with Crippen molar-refractivity contribution in [3.05, 3.63) is 67.2 Å². The normalized spacial score (nSPS) is 10.9. The van der Waals surface area contributed by atoms with Crippen LogP contribution in [0, 0.1) is 0 Å². The molecule has 0 fully saturated rings. The zero-order chi connectivity index (χ0) is 14.9. The van der Waals surface area contributed by atoms with Gasteiger partial charge in [0.05, 0.1) is 6.20 Å². The summed E-state index contributed by atoms with van der Waals surface area (Å²) < 4.78 is 5.51. The molecule has 0 atom stereocenters. The van der Waals surface area contributed by atoms with Crippen LogP contribution in [0.25, 0.3) is 0 Å². The van der Waals surface area contributed by atoms with Crippen LogP contribution in [-0.2, 0) is 4.79 Å². The maximum Gasteiger partial charge on any atom is 0.248 e. The third-order valence-corrected chi connectivity index (χ3v) is 2.43. The minimum absolute atomic E-state index is 0.185. The molecule has 1 N–H and O–H groups in total. The van der Waals surface area contributed by atoms with Gasteiger partial charge < -0.3 is 10.1 Å². The van der Waals surface area contributed by atoms with Crippen LogP contribution in [0.1, 0.15) is 6.92 Å². The number of carbonyl (C=O) groups excluding carboxylic acids is 1.